The monoisotopic (exact) mass is 502 g/mol. The lowest BCUT2D eigenvalue weighted by atomic mass is 9.85. The van der Waals surface area contributed by atoms with Crippen LogP contribution in [0.4, 0.5) is 11.6 Å². The van der Waals surface area contributed by atoms with Crippen LogP contribution in [0.25, 0.3) is 11.1 Å². The van der Waals surface area contributed by atoms with E-state index in [9.17, 15) is 0 Å². The summed E-state index contributed by atoms with van der Waals surface area (Å²) in [6, 6.07) is 8.64. The van der Waals surface area contributed by atoms with Crippen molar-refractivity contribution in [3.63, 3.8) is 0 Å². The summed E-state index contributed by atoms with van der Waals surface area (Å²) in [4.78, 5) is 17.3. The van der Waals surface area contributed by atoms with Gasteiger partial charge in [0, 0.05) is 48.2 Å². The number of nitrogens with two attached hydrogens (primary N) is 1. The average molecular weight is 503 g/mol. The Morgan fingerprint density at radius 3 is 2.83 bits per heavy atom. The van der Waals surface area contributed by atoms with Crippen molar-refractivity contribution in [3.05, 3.63) is 53.6 Å². The second-order valence-electron chi connectivity index (χ2n) is 10.1. The van der Waals surface area contributed by atoms with Gasteiger partial charge in [-0.1, -0.05) is 19.4 Å². The second kappa shape index (κ2) is 10.3. The van der Waals surface area contributed by atoms with Gasteiger partial charge >= 0.3 is 0 Å². The van der Waals surface area contributed by atoms with Gasteiger partial charge in [0.1, 0.15) is 30.3 Å². The minimum Gasteiger partial charge on any atom is -0.491 e. The molecule has 188 valence electrons. The molecule has 1 aromatic carbocycles. The Morgan fingerprint density at radius 1 is 1.08 bits per heavy atom. The third-order valence-electron chi connectivity index (χ3n) is 7.72. The first-order valence-corrected chi connectivity index (χ1v) is 14.0. The van der Waals surface area contributed by atoms with Crippen molar-refractivity contribution in [1.82, 2.24) is 19.3 Å². The number of aromatic nitrogens is 3. The first kappa shape index (κ1) is 23.6. The Morgan fingerprint density at radius 2 is 1.97 bits per heavy atom. The number of nitrogen functional groups attached to an aromatic ring is 1. The Hall–Kier alpha value is -2.84. The van der Waals surface area contributed by atoms with E-state index >= 15 is 0 Å². The first-order chi connectivity index (χ1) is 17.7. The minimum atomic E-state index is 0.596. The summed E-state index contributed by atoms with van der Waals surface area (Å²) in [6.07, 6.45) is 10.7. The molecule has 7 nitrogen and oxygen atoms in total. The number of rotatable bonds is 5. The molecule has 0 radical (unpaired) electrons. The van der Waals surface area contributed by atoms with Crippen LogP contribution in [0.5, 0.6) is 5.75 Å². The van der Waals surface area contributed by atoms with Crippen molar-refractivity contribution in [2.45, 2.75) is 56.9 Å². The molecule has 1 aliphatic carbocycles. The smallest absolute Gasteiger partial charge is 0.138 e. The lowest BCUT2D eigenvalue weighted by Gasteiger charge is -2.29. The van der Waals surface area contributed by atoms with Crippen molar-refractivity contribution in [3.8, 4) is 16.9 Å². The van der Waals surface area contributed by atoms with Gasteiger partial charge in [0.15, 0.2) is 0 Å². The zero-order valence-corrected chi connectivity index (χ0v) is 21.8. The summed E-state index contributed by atoms with van der Waals surface area (Å²) in [7, 11) is 0. The van der Waals surface area contributed by atoms with Crippen molar-refractivity contribution in [2.24, 2.45) is 5.92 Å². The van der Waals surface area contributed by atoms with Crippen LogP contribution in [0.2, 0.25) is 0 Å². The third-order valence-corrected chi connectivity index (χ3v) is 8.87. The Bertz CT molecular complexity index is 1240. The van der Waals surface area contributed by atoms with Gasteiger partial charge in [-0.3, -0.25) is 0 Å². The van der Waals surface area contributed by atoms with Crippen LogP contribution in [-0.4, -0.2) is 45.5 Å². The molecule has 3 aliphatic rings. The summed E-state index contributed by atoms with van der Waals surface area (Å²) >= 11 is 1.73. The Balaban J connectivity index is 1.28. The van der Waals surface area contributed by atoms with Crippen molar-refractivity contribution in [2.75, 3.05) is 36.9 Å². The Labute approximate surface area is 217 Å². The van der Waals surface area contributed by atoms with Crippen molar-refractivity contribution < 1.29 is 4.74 Å². The zero-order valence-electron chi connectivity index (χ0n) is 20.9. The molecule has 0 saturated carbocycles. The lowest BCUT2D eigenvalue weighted by Crippen LogP contribution is -2.29. The average Bonchev–Trinajstić information content (AvgIpc) is 3.33. The van der Waals surface area contributed by atoms with Crippen LogP contribution >= 0.6 is 11.9 Å². The number of hydrogen-bond acceptors (Lipinski definition) is 8. The van der Waals surface area contributed by atoms with Gasteiger partial charge in [0.2, 0.25) is 0 Å². The normalized spacial score (nSPS) is 19.9. The van der Waals surface area contributed by atoms with E-state index < -0.39 is 0 Å². The van der Waals surface area contributed by atoms with E-state index in [-0.39, 0.29) is 0 Å². The van der Waals surface area contributed by atoms with E-state index in [1.807, 2.05) is 6.20 Å². The summed E-state index contributed by atoms with van der Waals surface area (Å²) in [5.41, 5.74) is 12.2. The predicted molar refractivity (Wildman–Crippen MR) is 145 cm³/mol. The molecule has 2 N–H and O–H groups in total. The van der Waals surface area contributed by atoms with E-state index in [1.165, 1.54) is 42.5 Å². The maximum atomic E-state index is 6.24. The van der Waals surface area contributed by atoms with E-state index in [2.05, 4.69) is 50.4 Å². The quantitative estimate of drug-likeness (QED) is 0.481. The van der Waals surface area contributed by atoms with E-state index in [4.69, 9.17) is 15.5 Å². The van der Waals surface area contributed by atoms with Gasteiger partial charge in [-0.15, -0.1) is 0 Å². The van der Waals surface area contributed by atoms with E-state index in [0.29, 0.717) is 12.4 Å². The molecule has 0 amide bonds. The van der Waals surface area contributed by atoms with Crippen LogP contribution < -0.4 is 15.4 Å². The molecule has 1 unspecified atom stereocenters. The number of pyridine rings is 1. The molecule has 8 heteroatoms. The minimum absolute atomic E-state index is 0.596. The highest BCUT2D eigenvalue weighted by Gasteiger charge is 2.26. The molecular formula is C28H34N6OS. The SMILES string of the molecule is CCC1CCc2c(ncnc2N2CCOc3ccc(-c4cnc(N)c(SN5CCCC5)c4)cc3C2)C1. The van der Waals surface area contributed by atoms with Gasteiger partial charge < -0.3 is 15.4 Å². The molecule has 2 aliphatic heterocycles. The van der Waals surface area contributed by atoms with Crippen LogP contribution in [0, 0.1) is 5.92 Å². The molecule has 1 atom stereocenters. The number of ether oxygens (including phenoxy) is 1. The van der Waals surface area contributed by atoms with Gasteiger partial charge in [-0.25, -0.2) is 19.3 Å². The first-order valence-electron chi connectivity index (χ1n) is 13.2. The van der Waals surface area contributed by atoms with Crippen LogP contribution in [-0.2, 0) is 19.4 Å². The van der Waals surface area contributed by atoms with Crippen molar-refractivity contribution >= 4 is 23.6 Å². The summed E-state index contributed by atoms with van der Waals surface area (Å²) in [5, 5.41) is 0. The van der Waals surface area contributed by atoms with Gasteiger partial charge in [-0.05, 0) is 73.7 Å². The second-order valence-corrected chi connectivity index (χ2v) is 11.2. The number of benzene rings is 1. The number of hydrogen-bond donors (Lipinski definition) is 1. The predicted octanol–water partition coefficient (Wildman–Crippen LogP) is 5.14. The van der Waals surface area contributed by atoms with Crippen LogP contribution in [0.3, 0.4) is 0 Å². The summed E-state index contributed by atoms with van der Waals surface area (Å²) < 4.78 is 8.55. The molecule has 36 heavy (non-hydrogen) atoms. The summed E-state index contributed by atoms with van der Waals surface area (Å²) in [6.45, 7) is 6.70. The fourth-order valence-corrected chi connectivity index (χ4v) is 6.62. The fourth-order valence-electron chi connectivity index (χ4n) is 5.57. The van der Waals surface area contributed by atoms with Crippen LogP contribution in [0.15, 0.2) is 41.7 Å². The topological polar surface area (TPSA) is 80.4 Å². The molecule has 1 saturated heterocycles. The highest BCUT2D eigenvalue weighted by atomic mass is 32.2. The third kappa shape index (κ3) is 4.76. The number of anilines is 2. The largest absolute Gasteiger partial charge is 0.491 e. The maximum Gasteiger partial charge on any atom is 0.138 e. The zero-order chi connectivity index (χ0) is 24.5. The number of nitrogens with zero attached hydrogens (tertiary/aromatic N) is 5. The lowest BCUT2D eigenvalue weighted by molar-refractivity contribution is 0.331. The highest BCUT2D eigenvalue weighted by molar-refractivity contribution is 7.97. The molecular weight excluding hydrogens is 468 g/mol. The maximum absolute atomic E-state index is 6.24. The van der Waals surface area contributed by atoms with Gasteiger partial charge in [0.25, 0.3) is 0 Å². The fraction of sp³-hybridized carbons (Fsp3) is 0.464. The van der Waals surface area contributed by atoms with Gasteiger partial charge in [-0.2, -0.15) is 0 Å². The van der Waals surface area contributed by atoms with Crippen molar-refractivity contribution in [1.29, 1.82) is 0 Å². The molecule has 3 aromatic rings. The molecule has 4 heterocycles. The number of fused-ring (bicyclic) bond motifs is 2. The van der Waals surface area contributed by atoms with Gasteiger partial charge in [0.05, 0.1) is 11.4 Å². The standard InChI is InChI=1S/C28H34N6OS/c1-2-19-5-7-23-24(13-19)31-18-32-28(23)33-11-12-35-25-8-6-20(14-22(25)17-33)21-15-26(27(29)30-16-21)36-34-9-3-4-10-34/h6,8,14-16,18-19H,2-5,7,9-13,17H2,1H3,(H2,29,30). The molecule has 0 bridgehead atoms. The molecule has 1 fully saturated rings. The molecule has 0 spiro atoms. The van der Waals surface area contributed by atoms with E-state index in [0.717, 1.165) is 72.5 Å². The molecule has 6 rings (SSSR count). The Kier molecular flexibility index (Phi) is 6.71. The highest BCUT2D eigenvalue weighted by Crippen LogP contribution is 2.37. The molecule has 2 aromatic heterocycles. The summed E-state index contributed by atoms with van der Waals surface area (Å²) in [5.74, 6) is 3.36. The van der Waals surface area contributed by atoms with E-state index in [1.54, 1.807) is 18.3 Å². The van der Waals surface area contributed by atoms with Crippen LogP contribution in [0.1, 0.15) is 49.4 Å².